The highest BCUT2D eigenvalue weighted by atomic mass is 16.5. The van der Waals surface area contributed by atoms with Crippen molar-refractivity contribution in [2.75, 3.05) is 13.1 Å². The Bertz CT molecular complexity index is 1720. The first kappa shape index (κ1) is 41.6. The number of Topliss-reactive ketones (excluding diaryl/α,β-unsaturated/α-hetero) is 1. The molecule has 0 heterocycles. The third-order valence-corrected chi connectivity index (χ3v) is 16.6. The van der Waals surface area contributed by atoms with Gasteiger partial charge in [0.1, 0.15) is 6.10 Å². The van der Waals surface area contributed by atoms with Gasteiger partial charge in [-0.05, 0) is 116 Å². The average molecular weight is 761 g/mol. The molecule has 0 unspecified atom stereocenters. The van der Waals surface area contributed by atoms with Crippen molar-refractivity contribution in [3.05, 3.63) is 47.0 Å². The molecule has 1 aromatic carbocycles. The molecule has 0 bridgehead atoms. The topological polar surface area (TPSA) is 147 Å². The van der Waals surface area contributed by atoms with E-state index in [9.17, 15) is 29.4 Å². The number of ketones is 1. The number of benzene rings is 1. The van der Waals surface area contributed by atoms with E-state index in [1.54, 1.807) is 18.7 Å². The van der Waals surface area contributed by atoms with Gasteiger partial charge in [-0.1, -0.05) is 84.4 Å². The highest BCUT2D eigenvalue weighted by Gasteiger charge is 2.71. The summed E-state index contributed by atoms with van der Waals surface area (Å²) in [6.45, 7) is 19.7. The molecule has 0 radical (unpaired) electrons. The molecule has 4 fully saturated rings. The highest BCUT2D eigenvalue weighted by Crippen LogP contribution is 2.77. The van der Waals surface area contributed by atoms with Gasteiger partial charge in [0.2, 0.25) is 5.91 Å². The molecule has 6 rings (SSSR count). The molecule has 9 nitrogen and oxygen atoms in total. The van der Waals surface area contributed by atoms with Crippen molar-refractivity contribution in [1.82, 2.24) is 4.90 Å². The summed E-state index contributed by atoms with van der Waals surface area (Å²) in [6.07, 6.45) is 6.27. The highest BCUT2D eigenvalue weighted by molar-refractivity contribution is 6.00. The monoisotopic (exact) mass is 761 g/mol. The van der Waals surface area contributed by atoms with Crippen LogP contribution in [0.4, 0.5) is 0 Å². The lowest BCUT2D eigenvalue weighted by Gasteiger charge is -2.72. The van der Waals surface area contributed by atoms with E-state index in [1.165, 1.54) is 5.57 Å². The van der Waals surface area contributed by atoms with Crippen LogP contribution in [0.15, 0.2) is 41.5 Å². The Labute approximate surface area is 329 Å². The van der Waals surface area contributed by atoms with Crippen LogP contribution in [-0.2, 0) is 30.5 Å². The second-order valence-electron chi connectivity index (χ2n) is 20.5. The quantitative estimate of drug-likeness (QED) is 0.194. The van der Waals surface area contributed by atoms with Gasteiger partial charge in [-0.15, -0.1) is 0 Å². The van der Waals surface area contributed by atoms with Crippen LogP contribution in [0, 0.1) is 56.2 Å². The number of carbonyl (C=O) groups is 4. The molecule has 9 heteroatoms. The molecule has 1 amide bonds. The van der Waals surface area contributed by atoms with E-state index in [4.69, 9.17) is 10.5 Å². The number of carboxylic acids is 1. The Balaban J connectivity index is 1.30. The molecule has 9 atom stereocenters. The fraction of sp³-hybridized carbons (Fsp3) is 0.739. The number of amides is 1. The lowest BCUT2D eigenvalue weighted by atomic mass is 9.33. The number of carboxylic acid groups (broad SMARTS) is 1. The van der Waals surface area contributed by atoms with E-state index in [0.29, 0.717) is 24.8 Å². The summed E-state index contributed by atoms with van der Waals surface area (Å²) >= 11 is 0. The molecule has 4 saturated carbocycles. The van der Waals surface area contributed by atoms with E-state index >= 15 is 0 Å². The third kappa shape index (κ3) is 6.61. The molecule has 304 valence electrons. The van der Waals surface area contributed by atoms with Gasteiger partial charge in [0.15, 0.2) is 5.78 Å². The van der Waals surface area contributed by atoms with Crippen LogP contribution in [0.1, 0.15) is 132 Å². The van der Waals surface area contributed by atoms with E-state index in [1.807, 2.05) is 30.3 Å². The van der Waals surface area contributed by atoms with Gasteiger partial charge < -0.3 is 25.6 Å². The predicted molar refractivity (Wildman–Crippen MR) is 212 cm³/mol. The summed E-state index contributed by atoms with van der Waals surface area (Å²) in [5, 5.41) is 22.1. The van der Waals surface area contributed by atoms with Crippen LogP contribution >= 0.6 is 0 Å². The number of ether oxygens (including phenoxy) is 1. The number of nitrogens with two attached hydrogens (primary N) is 1. The first-order valence-corrected chi connectivity index (χ1v) is 21.0. The van der Waals surface area contributed by atoms with Gasteiger partial charge in [0, 0.05) is 30.3 Å². The van der Waals surface area contributed by atoms with E-state index in [2.05, 4.69) is 48.5 Å². The van der Waals surface area contributed by atoms with Gasteiger partial charge in [-0.3, -0.25) is 19.2 Å². The number of aliphatic hydroxyl groups is 1. The standard InChI is InChI=1S/C46H68N2O7/c1-28(2)38-31(49)23-46(34(50)27-48(36(51)25-47)26-29-13-11-10-12-14-29)22-21-44(8)30(39(38)46)15-16-33-43(7)19-18-35(55-37(52)24-41(3,4)40(53)54)42(5,6)32(43)17-20-45(33,44)9/h10-14,28,30,32-35,50H,15-27,47H2,1-9H3,(H,53,54)/t30-,32+,33-,34+,35+,43+,44-,45-,46+/m1/s1. The number of aliphatic carboxylic acids is 1. The van der Waals surface area contributed by atoms with Crippen LogP contribution in [-0.4, -0.2) is 64.0 Å². The van der Waals surface area contributed by atoms with Crippen molar-refractivity contribution >= 4 is 23.6 Å². The molecular formula is C46H68N2O7. The van der Waals surface area contributed by atoms with Gasteiger partial charge in [0.25, 0.3) is 0 Å². The fourth-order valence-electron chi connectivity index (χ4n) is 13.5. The minimum atomic E-state index is -1.18. The maximum atomic E-state index is 14.2. The zero-order valence-corrected chi connectivity index (χ0v) is 35.0. The van der Waals surface area contributed by atoms with Crippen LogP contribution < -0.4 is 5.73 Å². The minimum Gasteiger partial charge on any atom is -0.481 e. The maximum absolute atomic E-state index is 14.2. The van der Waals surface area contributed by atoms with E-state index < -0.39 is 28.9 Å². The summed E-state index contributed by atoms with van der Waals surface area (Å²) in [5.74, 6) is -0.563. The van der Waals surface area contributed by atoms with Crippen molar-refractivity contribution < 1.29 is 34.1 Å². The summed E-state index contributed by atoms with van der Waals surface area (Å²) in [6, 6.07) is 9.79. The van der Waals surface area contributed by atoms with Gasteiger partial charge >= 0.3 is 11.9 Å². The largest absolute Gasteiger partial charge is 0.481 e. The number of carbonyl (C=O) groups excluding carboxylic acids is 3. The Morgan fingerprint density at radius 2 is 1.60 bits per heavy atom. The first-order valence-electron chi connectivity index (χ1n) is 21.0. The predicted octanol–water partition coefficient (Wildman–Crippen LogP) is 7.73. The molecule has 0 aromatic heterocycles. The summed E-state index contributed by atoms with van der Waals surface area (Å²) in [4.78, 5) is 54.0. The lowest BCUT2D eigenvalue weighted by Crippen LogP contribution is -2.66. The number of esters is 1. The Kier molecular flexibility index (Phi) is 10.9. The minimum absolute atomic E-state index is 0.0149. The zero-order chi connectivity index (χ0) is 40.5. The number of aliphatic hydroxyl groups excluding tert-OH is 1. The second kappa shape index (κ2) is 14.4. The van der Waals surface area contributed by atoms with Crippen molar-refractivity contribution in [2.24, 2.45) is 61.9 Å². The van der Waals surface area contributed by atoms with Crippen LogP contribution in [0.5, 0.6) is 0 Å². The lowest BCUT2D eigenvalue weighted by molar-refractivity contribution is -0.235. The Hall–Kier alpha value is -3.04. The first-order chi connectivity index (χ1) is 25.6. The maximum Gasteiger partial charge on any atom is 0.309 e. The van der Waals surface area contributed by atoms with Crippen molar-refractivity contribution in [2.45, 2.75) is 145 Å². The molecular weight excluding hydrogens is 693 g/mol. The van der Waals surface area contributed by atoms with Gasteiger partial charge in [-0.2, -0.15) is 0 Å². The van der Waals surface area contributed by atoms with E-state index in [-0.39, 0.29) is 77.2 Å². The number of hydrogen-bond acceptors (Lipinski definition) is 7. The van der Waals surface area contributed by atoms with Crippen molar-refractivity contribution in [1.29, 1.82) is 0 Å². The third-order valence-electron chi connectivity index (χ3n) is 16.6. The molecule has 4 N–H and O–H groups in total. The second-order valence-corrected chi connectivity index (χ2v) is 20.5. The normalized spacial score (nSPS) is 36.0. The summed E-state index contributed by atoms with van der Waals surface area (Å²) in [5.41, 5.74) is 6.70. The number of fused-ring (bicyclic) bond motifs is 7. The van der Waals surface area contributed by atoms with Gasteiger partial charge in [0.05, 0.1) is 24.5 Å². The van der Waals surface area contributed by atoms with Crippen molar-refractivity contribution in [3.63, 3.8) is 0 Å². The molecule has 0 spiro atoms. The number of hydrogen-bond donors (Lipinski definition) is 3. The summed E-state index contributed by atoms with van der Waals surface area (Å²) in [7, 11) is 0. The zero-order valence-electron chi connectivity index (χ0n) is 35.0. The molecule has 1 aromatic rings. The van der Waals surface area contributed by atoms with Gasteiger partial charge in [-0.25, -0.2) is 0 Å². The molecule has 55 heavy (non-hydrogen) atoms. The Morgan fingerprint density at radius 1 is 0.927 bits per heavy atom. The smallest absolute Gasteiger partial charge is 0.309 e. The average Bonchev–Trinajstić information content (AvgIpc) is 3.42. The van der Waals surface area contributed by atoms with Crippen LogP contribution in [0.2, 0.25) is 0 Å². The molecule has 0 saturated heterocycles. The van der Waals surface area contributed by atoms with Crippen LogP contribution in [0.3, 0.4) is 0 Å². The number of rotatable bonds is 11. The molecule has 5 aliphatic carbocycles. The fourth-order valence-corrected chi connectivity index (χ4v) is 13.5. The molecule has 5 aliphatic rings. The molecule has 0 aliphatic heterocycles. The SMILES string of the molecule is CC(C)C1=C2[C@H]3CC[C@@H]4[C@@]5(C)CC[C@H](OC(=O)CC(C)(C)C(=O)O)C(C)(C)[C@@H]5CC[C@@]4(C)[C@]3(C)CC[C@@]2([C@@H](O)CN(Cc2ccccc2)C(=O)CN)CC1=O. The summed E-state index contributed by atoms with van der Waals surface area (Å²) < 4.78 is 6.17. The van der Waals surface area contributed by atoms with Crippen LogP contribution in [0.25, 0.3) is 0 Å². The number of allylic oxidation sites excluding steroid dienone is 1. The van der Waals surface area contributed by atoms with E-state index in [0.717, 1.165) is 56.1 Å². The Morgan fingerprint density at radius 3 is 2.22 bits per heavy atom. The van der Waals surface area contributed by atoms with Crippen molar-refractivity contribution in [3.8, 4) is 0 Å². The number of nitrogens with zero attached hydrogens (tertiary/aromatic N) is 1.